The van der Waals surface area contributed by atoms with Gasteiger partial charge in [-0.05, 0) is 44.0 Å². The summed E-state index contributed by atoms with van der Waals surface area (Å²) in [4.78, 5) is 26.3. The van der Waals surface area contributed by atoms with E-state index in [2.05, 4.69) is 12.2 Å². The van der Waals surface area contributed by atoms with Gasteiger partial charge in [-0.15, -0.1) is 11.3 Å². The molecule has 0 fully saturated rings. The van der Waals surface area contributed by atoms with Gasteiger partial charge in [0.05, 0.1) is 0 Å². The van der Waals surface area contributed by atoms with Gasteiger partial charge in [0.25, 0.3) is 5.91 Å². The largest absolute Gasteiger partial charge is 0.486 e. The normalized spacial score (nSPS) is 13.7. The smallest absolute Gasteiger partial charge is 0.349 e. The van der Waals surface area contributed by atoms with Crippen molar-refractivity contribution in [2.24, 2.45) is 0 Å². The Kier molecular flexibility index (Phi) is 6.01. The van der Waals surface area contributed by atoms with E-state index in [-0.39, 0.29) is 0 Å². The molecule has 27 heavy (non-hydrogen) atoms. The van der Waals surface area contributed by atoms with Crippen LogP contribution in [0.1, 0.15) is 40.4 Å². The van der Waals surface area contributed by atoms with Crippen molar-refractivity contribution in [3.05, 3.63) is 39.6 Å². The van der Waals surface area contributed by atoms with E-state index in [1.54, 1.807) is 25.1 Å². The Morgan fingerprint density at radius 3 is 2.70 bits per heavy atom. The third-order valence-electron chi connectivity index (χ3n) is 4.20. The number of carbonyl (C=O) groups excluding carboxylic acids is 2. The molecule has 1 aliphatic rings. The van der Waals surface area contributed by atoms with Crippen molar-refractivity contribution >= 4 is 28.9 Å². The first-order chi connectivity index (χ1) is 13.0. The second kappa shape index (κ2) is 8.43. The van der Waals surface area contributed by atoms with Crippen LogP contribution in [0.2, 0.25) is 0 Å². The fourth-order valence-corrected chi connectivity index (χ4v) is 3.73. The minimum atomic E-state index is -0.914. The Balaban J connectivity index is 1.60. The highest BCUT2D eigenvalue weighted by atomic mass is 32.1. The first-order valence-corrected chi connectivity index (χ1v) is 9.80. The number of carbonyl (C=O) groups is 2. The van der Waals surface area contributed by atoms with Gasteiger partial charge in [-0.25, -0.2) is 4.79 Å². The lowest BCUT2D eigenvalue weighted by Gasteiger charge is -2.19. The summed E-state index contributed by atoms with van der Waals surface area (Å²) in [5.41, 5.74) is 1.71. The van der Waals surface area contributed by atoms with Gasteiger partial charge < -0.3 is 19.5 Å². The molecule has 2 aromatic rings. The standard InChI is InChI=1S/C20H23NO5S/c1-4-5-14-10-18(27-13(14)3)20(23)26-12(2)19(22)21-15-6-7-16-17(11-15)25-9-8-24-16/h6-7,10-12H,4-5,8-9H2,1-3H3,(H,21,22). The van der Waals surface area contributed by atoms with E-state index in [0.29, 0.717) is 35.3 Å². The Hall–Kier alpha value is -2.54. The van der Waals surface area contributed by atoms with E-state index in [0.717, 1.165) is 23.3 Å². The number of anilines is 1. The predicted octanol–water partition coefficient (Wildman–Crippen LogP) is 3.96. The number of benzene rings is 1. The molecule has 3 rings (SSSR count). The number of fused-ring (bicyclic) bond motifs is 1. The first-order valence-electron chi connectivity index (χ1n) is 8.98. The summed E-state index contributed by atoms with van der Waals surface area (Å²) in [7, 11) is 0. The Morgan fingerprint density at radius 2 is 1.96 bits per heavy atom. The third-order valence-corrected chi connectivity index (χ3v) is 5.28. The van der Waals surface area contributed by atoms with E-state index in [9.17, 15) is 9.59 Å². The van der Waals surface area contributed by atoms with E-state index < -0.39 is 18.0 Å². The summed E-state index contributed by atoms with van der Waals surface area (Å²) in [5, 5.41) is 2.74. The number of amides is 1. The number of nitrogens with one attached hydrogen (secondary N) is 1. The van der Waals surface area contributed by atoms with Gasteiger partial charge in [0.15, 0.2) is 17.6 Å². The number of hydrogen-bond acceptors (Lipinski definition) is 6. The zero-order valence-electron chi connectivity index (χ0n) is 15.7. The van der Waals surface area contributed by atoms with Gasteiger partial charge in [0.2, 0.25) is 0 Å². The molecule has 1 aromatic carbocycles. The van der Waals surface area contributed by atoms with Crippen molar-refractivity contribution in [3.8, 4) is 11.5 Å². The molecule has 0 radical (unpaired) electrons. The molecule has 1 unspecified atom stereocenters. The second-order valence-electron chi connectivity index (χ2n) is 6.34. The van der Waals surface area contributed by atoms with Crippen LogP contribution in [0.5, 0.6) is 11.5 Å². The molecule has 1 amide bonds. The summed E-state index contributed by atoms with van der Waals surface area (Å²) >= 11 is 1.40. The number of rotatable bonds is 6. The molecule has 7 heteroatoms. The zero-order valence-corrected chi connectivity index (χ0v) is 16.5. The maximum atomic E-state index is 12.4. The molecule has 1 aromatic heterocycles. The molecule has 144 valence electrons. The van der Waals surface area contributed by atoms with Crippen molar-refractivity contribution in [2.75, 3.05) is 18.5 Å². The third kappa shape index (κ3) is 4.60. The molecule has 0 bridgehead atoms. The Bertz CT molecular complexity index is 845. The first kappa shape index (κ1) is 19.2. The monoisotopic (exact) mass is 389 g/mol. The van der Waals surface area contributed by atoms with E-state index in [1.165, 1.54) is 11.3 Å². The predicted molar refractivity (Wildman–Crippen MR) is 104 cm³/mol. The number of esters is 1. The molecule has 1 N–H and O–H groups in total. The van der Waals surface area contributed by atoms with E-state index in [4.69, 9.17) is 14.2 Å². The SMILES string of the molecule is CCCc1cc(C(=O)OC(C)C(=O)Nc2ccc3c(c2)OCCO3)sc1C. The second-order valence-corrected chi connectivity index (χ2v) is 7.59. The van der Waals surface area contributed by atoms with E-state index >= 15 is 0 Å². The maximum absolute atomic E-state index is 12.4. The van der Waals surface area contributed by atoms with Crippen LogP contribution < -0.4 is 14.8 Å². The van der Waals surface area contributed by atoms with Gasteiger partial charge in [-0.2, -0.15) is 0 Å². The van der Waals surface area contributed by atoms with Crippen LogP contribution in [-0.4, -0.2) is 31.2 Å². The summed E-state index contributed by atoms with van der Waals surface area (Å²) < 4.78 is 16.3. The summed E-state index contributed by atoms with van der Waals surface area (Å²) in [5.74, 6) is 0.355. The molecule has 1 atom stereocenters. The highest BCUT2D eigenvalue weighted by Crippen LogP contribution is 2.32. The molecule has 0 saturated carbocycles. The van der Waals surface area contributed by atoms with Gasteiger partial charge in [0, 0.05) is 16.6 Å². The average molecular weight is 389 g/mol. The van der Waals surface area contributed by atoms with Crippen LogP contribution in [0.15, 0.2) is 24.3 Å². The van der Waals surface area contributed by atoms with Gasteiger partial charge in [-0.3, -0.25) is 4.79 Å². The number of aryl methyl sites for hydroxylation is 2. The summed E-state index contributed by atoms with van der Waals surface area (Å²) in [6.45, 7) is 6.62. The van der Waals surface area contributed by atoms with Crippen LogP contribution in [0.25, 0.3) is 0 Å². The van der Waals surface area contributed by atoms with Crippen molar-refractivity contribution in [2.45, 2.75) is 39.7 Å². The number of thiophene rings is 1. The lowest BCUT2D eigenvalue weighted by Crippen LogP contribution is -2.29. The summed E-state index contributed by atoms with van der Waals surface area (Å²) in [6, 6.07) is 7.02. The van der Waals surface area contributed by atoms with Crippen molar-refractivity contribution in [1.82, 2.24) is 0 Å². The molecule has 0 aliphatic carbocycles. The van der Waals surface area contributed by atoms with Gasteiger partial charge in [0.1, 0.15) is 18.1 Å². The Morgan fingerprint density at radius 1 is 1.22 bits per heavy atom. The van der Waals surface area contributed by atoms with Crippen molar-refractivity contribution < 1.29 is 23.8 Å². The Labute approximate surface area is 162 Å². The maximum Gasteiger partial charge on any atom is 0.349 e. The molecular formula is C20H23NO5S. The zero-order chi connectivity index (χ0) is 19.4. The molecule has 2 heterocycles. The summed E-state index contributed by atoms with van der Waals surface area (Å²) in [6.07, 6.45) is 1.03. The molecular weight excluding hydrogens is 366 g/mol. The fraction of sp³-hybridized carbons (Fsp3) is 0.400. The molecule has 0 saturated heterocycles. The minimum Gasteiger partial charge on any atom is -0.486 e. The molecule has 1 aliphatic heterocycles. The fourth-order valence-electron chi connectivity index (χ4n) is 2.78. The van der Waals surface area contributed by atoms with Crippen molar-refractivity contribution in [3.63, 3.8) is 0 Å². The lowest BCUT2D eigenvalue weighted by atomic mass is 10.1. The quantitative estimate of drug-likeness (QED) is 0.757. The highest BCUT2D eigenvalue weighted by Gasteiger charge is 2.22. The molecule has 6 nitrogen and oxygen atoms in total. The number of hydrogen-bond donors (Lipinski definition) is 1. The number of ether oxygens (including phenoxy) is 3. The van der Waals surface area contributed by atoms with Crippen LogP contribution in [0.3, 0.4) is 0 Å². The van der Waals surface area contributed by atoms with Crippen molar-refractivity contribution in [1.29, 1.82) is 0 Å². The lowest BCUT2D eigenvalue weighted by molar-refractivity contribution is -0.123. The van der Waals surface area contributed by atoms with Gasteiger partial charge in [-0.1, -0.05) is 13.3 Å². The topological polar surface area (TPSA) is 73.9 Å². The van der Waals surface area contributed by atoms with Crippen LogP contribution in [-0.2, 0) is 16.0 Å². The van der Waals surface area contributed by atoms with E-state index in [1.807, 2.05) is 13.0 Å². The average Bonchev–Trinajstić information content (AvgIpc) is 3.02. The van der Waals surface area contributed by atoms with Crippen LogP contribution in [0, 0.1) is 6.92 Å². The van der Waals surface area contributed by atoms with Crippen LogP contribution >= 0.6 is 11.3 Å². The molecule has 0 spiro atoms. The highest BCUT2D eigenvalue weighted by molar-refractivity contribution is 7.14. The van der Waals surface area contributed by atoms with Crippen LogP contribution in [0.4, 0.5) is 5.69 Å². The van der Waals surface area contributed by atoms with Gasteiger partial charge >= 0.3 is 5.97 Å². The minimum absolute atomic E-state index is 0.401.